The van der Waals surface area contributed by atoms with Gasteiger partial charge in [-0.25, -0.2) is 0 Å². The topological polar surface area (TPSA) is 20.2 Å². The molecule has 1 unspecified atom stereocenters. The predicted molar refractivity (Wildman–Crippen MR) is 70.5 cm³/mol. The van der Waals surface area contributed by atoms with Gasteiger partial charge in [0.05, 0.1) is 6.10 Å². The number of hydrogen-bond donors (Lipinski definition) is 1. The van der Waals surface area contributed by atoms with Crippen molar-refractivity contribution in [1.29, 1.82) is 0 Å². The molecule has 1 heteroatoms. The molecule has 1 N–H and O–H groups in total. The largest absolute Gasteiger partial charge is 0.393 e. The SMILES string of the molecule is CC(C)C(O)CCCC1CCCCCCC1. The van der Waals surface area contributed by atoms with Crippen molar-refractivity contribution in [3.63, 3.8) is 0 Å². The molecule has 1 fully saturated rings. The Hall–Kier alpha value is -0.0400. The lowest BCUT2D eigenvalue weighted by Gasteiger charge is -2.20. The summed E-state index contributed by atoms with van der Waals surface area (Å²) in [6.45, 7) is 4.22. The van der Waals surface area contributed by atoms with Crippen molar-refractivity contribution < 1.29 is 5.11 Å². The van der Waals surface area contributed by atoms with E-state index in [0.717, 1.165) is 12.3 Å². The average molecular weight is 226 g/mol. The lowest BCUT2D eigenvalue weighted by atomic mass is 9.87. The van der Waals surface area contributed by atoms with Crippen LogP contribution >= 0.6 is 0 Å². The van der Waals surface area contributed by atoms with E-state index in [-0.39, 0.29) is 6.10 Å². The zero-order valence-corrected chi connectivity index (χ0v) is 11.3. The molecule has 1 aliphatic rings. The molecular weight excluding hydrogens is 196 g/mol. The molecule has 0 bridgehead atoms. The Morgan fingerprint density at radius 3 is 2.12 bits per heavy atom. The van der Waals surface area contributed by atoms with Crippen molar-refractivity contribution in [2.45, 2.75) is 84.2 Å². The van der Waals surface area contributed by atoms with E-state index in [0.29, 0.717) is 5.92 Å². The Bertz CT molecular complexity index is 157. The smallest absolute Gasteiger partial charge is 0.0563 e. The van der Waals surface area contributed by atoms with Gasteiger partial charge in [-0.1, -0.05) is 71.6 Å². The first kappa shape index (κ1) is 14.0. The summed E-state index contributed by atoms with van der Waals surface area (Å²) in [7, 11) is 0. The second-order valence-corrected chi connectivity index (χ2v) is 5.95. The van der Waals surface area contributed by atoms with Gasteiger partial charge in [0.1, 0.15) is 0 Å². The lowest BCUT2D eigenvalue weighted by Crippen LogP contribution is -2.15. The molecule has 96 valence electrons. The van der Waals surface area contributed by atoms with Crippen LogP contribution < -0.4 is 0 Å². The molecular formula is C15H30O. The summed E-state index contributed by atoms with van der Waals surface area (Å²) >= 11 is 0. The van der Waals surface area contributed by atoms with Crippen LogP contribution in [-0.2, 0) is 0 Å². The molecule has 0 aliphatic heterocycles. The van der Waals surface area contributed by atoms with Crippen molar-refractivity contribution in [2.24, 2.45) is 11.8 Å². The number of rotatable bonds is 5. The average Bonchev–Trinajstić information content (AvgIpc) is 2.20. The molecule has 1 nitrogen and oxygen atoms in total. The van der Waals surface area contributed by atoms with Crippen LogP contribution in [0.2, 0.25) is 0 Å². The Morgan fingerprint density at radius 1 is 1.00 bits per heavy atom. The molecule has 1 rings (SSSR count). The summed E-state index contributed by atoms with van der Waals surface area (Å²) in [5.74, 6) is 1.39. The van der Waals surface area contributed by atoms with Crippen LogP contribution in [0.15, 0.2) is 0 Å². The standard InChI is InChI=1S/C15H30O/c1-13(2)15(16)12-8-11-14-9-6-4-3-5-7-10-14/h13-16H,3-12H2,1-2H3. The Morgan fingerprint density at radius 2 is 1.56 bits per heavy atom. The van der Waals surface area contributed by atoms with Gasteiger partial charge in [0.2, 0.25) is 0 Å². The molecule has 0 amide bonds. The lowest BCUT2D eigenvalue weighted by molar-refractivity contribution is 0.111. The first-order chi connectivity index (χ1) is 7.70. The minimum atomic E-state index is -0.0754. The zero-order chi connectivity index (χ0) is 11.8. The quantitative estimate of drug-likeness (QED) is 0.730. The predicted octanol–water partition coefficient (Wildman–Crippen LogP) is 4.53. The summed E-state index contributed by atoms with van der Waals surface area (Å²) < 4.78 is 0. The van der Waals surface area contributed by atoms with Crippen LogP contribution in [0.4, 0.5) is 0 Å². The van der Waals surface area contributed by atoms with Crippen LogP contribution in [-0.4, -0.2) is 11.2 Å². The van der Waals surface area contributed by atoms with Crippen LogP contribution in [0.5, 0.6) is 0 Å². The van der Waals surface area contributed by atoms with E-state index in [1.807, 2.05) is 0 Å². The third-order valence-electron chi connectivity index (χ3n) is 4.11. The Balaban J connectivity index is 2.10. The van der Waals surface area contributed by atoms with E-state index in [2.05, 4.69) is 13.8 Å². The number of hydrogen-bond acceptors (Lipinski definition) is 1. The molecule has 1 aliphatic carbocycles. The van der Waals surface area contributed by atoms with Gasteiger partial charge >= 0.3 is 0 Å². The molecule has 0 radical (unpaired) electrons. The van der Waals surface area contributed by atoms with Crippen LogP contribution in [0.25, 0.3) is 0 Å². The second-order valence-electron chi connectivity index (χ2n) is 5.95. The minimum absolute atomic E-state index is 0.0754. The molecule has 0 aromatic rings. The van der Waals surface area contributed by atoms with Gasteiger partial charge in [0.15, 0.2) is 0 Å². The first-order valence-corrected chi connectivity index (χ1v) is 7.38. The van der Waals surface area contributed by atoms with Gasteiger partial charge in [0.25, 0.3) is 0 Å². The summed E-state index contributed by atoms with van der Waals surface area (Å²) in [5, 5.41) is 9.76. The fraction of sp³-hybridized carbons (Fsp3) is 1.00. The summed E-state index contributed by atoms with van der Waals surface area (Å²) in [4.78, 5) is 0. The molecule has 0 spiro atoms. The second kappa shape index (κ2) is 8.11. The number of aliphatic hydroxyl groups is 1. The van der Waals surface area contributed by atoms with Crippen molar-refractivity contribution in [2.75, 3.05) is 0 Å². The van der Waals surface area contributed by atoms with Gasteiger partial charge in [-0.15, -0.1) is 0 Å². The van der Waals surface area contributed by atoms with E-state index in [1.165, 1.54) is 57.8 Å². The molecule has 1 atom stereocenters. The van der Waals surface area contributed by atoms with Gasteiger partial charge in [-0.3, -0.25) is 0 Å². The maximum Gasteiger partial charge on any atom is 0.0563 e. The summed E-state index contributed by atoms with van der Waals surface area (Å²) in [5.41, 5.74) is 0. The van der Waals surface area contributed by atoms with E-state index >= 15 is 0 Å². The van der Waals surface area contributed by atoms with Crippen molar-refractivity contribution in [3.8, 4) is 0 Å². The summed E-state index contributed by atoms with van der Waals surface area (Å²) in [6.07, 6.45) is 13.6. The first-order valence-electron chi connectivity index (χ1n) is 7.38. The summed E-state index contributed by atoms with van der Waals surface area (Å²) in [6, 6.07) is 0. The molecule has 0 saturated heterocycles. The number of aliphatic hydroxyl groups excluding tert-OH is 1. The zero-order valence-electron chi connectivity index (χ0n) is 11.3. The maximum absolute atomic E-state index is 9.76. The third kappa shape index (κ3) is 5.89. The monoisotopic (exact) mass is 226 g/mol. The minimum Gasteiger partial charge on any atom is -0.393 e. The van der Waals surface area contributed by atoms with Gasteiger partial charge in [-0.05, 0) is 18.3 Å². The van der Waals surface area contributed by atoms with E-state index in [4.69, 9.17) is 0 Å². The highest BCUT2D eigenvalue weighted by atomic mass is 16.3. The fourth-order valence-electron chi connectivity index (χ4n) is 2.78. The van der Waals surface area contributed by atoms with Crippen molar-refractivity contribution >= 4 is 0 Å². The highest BCUT2D eigenvalue weighted by Gasteiger charge is 2.13. The molecule has 1 saturated carbocycles. The molecule has 0 aromatic heterocycles. The molecule has 0 aromatic carbocycles. The molecule has 0 heterocycles. The maximum atomic E-state index is 9.76. The van der Waals surface area contributed by atoms with E-state index < -0.39 is 0 Å². The highest BCUT2D eigenvalue weighted by Crippen LogP contribution is 2.26. The van der Waals surface area contributed by atoms with Gasteiger partial charge in [0, 0.05) is 0 Å². The van der Waals surface area contributed by atoms with E-state index in [9.17, 15) is 5.11 Å². The van der Waals surface area contributed by atoms with Gasteiger partial charge < -0.3 is 5.11 Å². The van der Waals surface area contributed by atoms with Crippen LogP contribution in [0.3, 0.4) is 0 Å². The van der Waals surface area contributed by atoms with Crippen molar-refractivity contribution in [1.82, 2.24) is 0 Å². The molecule has 16 heavy (non-hydrogen) atoms. The highest BCUT2D eigenvalue weighted by molar-refractivity contribution is 4.66. The third-order valence-corrected chi connectivity index (χ3v) is 4.11. The van der Waals surface area contributed by atoms with Crippen LogP contribution in [0.1, 0.15) is 78.1 Å². The Kier molecular flexibility index (Phi) is 7.11. The normalized spacial score (nSPS) is 21.8. The fourth-order valence-corrected chi connectivity index (χ4v) is 2.78. The Labute approximate surface area is 102 Å². The van der Waals surface area contributed by atoms with Crippen molar-refractivity contribution in [3.05, 3.63) is 0 Å². The van der Waals surface area contributed by atoms with Gasteiger partial charge in [-0.2, -0.15) is 0 Å². The van der Waals surface area contributed by atoms with Crippen LogP contribution in [0, 0.1) is 11.8 Å². The van der Waals surface area contributed by atoms with E-state index in [1.54, 1.807) is 0 Å².